The first-order valence-electron chi connectivity index (χ1n) is 10.2. The molecule has 1 saturated heterocycles. The second-order valence-electron chi connectivity index (χ2n) is 8.08. The Morgan fingerprint density at radius 1 is 1.13 bits per heavy atom. The van der Waals surface area contributed by atoms with Crippen LogP contribution in [-0.4, -0.2) is 37.0 Å². The molecule has 30 heavy (non-hydrogen) atoms. The van der Waals surface area contributed by atoms with Gasteiger partial charge in [0.2, 0.25) is 0 Å². The van der Waals surface area contributed by atoms with Gasteiger partial charge in [0.05, 0.1) is 22.6 Å². The maximum Gasteiger partial charge on any atom is 0.406 e. The second-order valence-corrected chi connectivity index (χ2v) is 8.08. The van der Waals surface area contributed by atoms with E-state index >= 15 is 0 Å². The molecule has 0 amide bonds. The first-order valence-corrected chi connectivity index (χ1v) is 10.2. The predicted molar refractivity (Wildman–Crippen MR) is 105 cm³/mol. The molecule has 158 valence electrons. The Morgan fingerprint density at radius 2 is 1.97 bits per heavy atom. The summed E-state index contributed by atoms with van der Waals surface area (Å²) in [6.07, 6.45) is -0.895. The summed E-state index contributed by atoms with van der Waals surface area (Å²) in [6, 6.07) is 8.33. The molecule has 0 radical (unpaired) electrons. The Bertz CT molecular complexity index is 1130. The van der Waals surface area contributed by atoms with Crippen LogP contribution in [0, 0.1) is 0 Å². The summed E-state index contributed by atoms with van der Waals surface area (Å²) >= 11 is 0. The van der Waals surface area contributed by atoms with Gasteiger partial charge in [-0.25, -0.2) is 4.98 Å². The van der Waals surface area contributed by atoms with Crippen LogP contribution in [0.25, 0.3) is 10.9 Å². The molecule has 0 N–H and O–H groups in total. The molecule has 6 nitrogen and oxygen atoms in total. The van der Waals surface area contributed by atoms with Crippen molar-refractivity contribution in [3.05, 3.63) is 57.9 Å². The molecule has 0 aliphatic carbocycles. The third-order valence-electron chi connectivity index (χ3n) is 5.97. The second kappa shape index (κ2) is 7.23. The van der Waals surface area contributed by atoms with Crippen LogP contribution in [0.5, 0.6) is 0 Å². The lowest BCUT2D eigenvalue weighted by Gasteiger charge is -2.26. The zero-order valence-electron chi connectivity index (χ0n) is 16.4. The molecule has 3 aromatic rings. The molecule has 1 aromatic carbocycles. The fourth-order valence-corrected chi connectivity index (χ4v) is 4.68. The van der Waals surface area contributed by atoms with E-state index in [2.05, 4.69) is 21.0 Å². The van der Waals surface area contributed by atoms with Crippen molar-refractivity contribution in [2.24, 2.45) is 0 Å². The minimum Gasteiger partial charge on any atom is -0.287 e. The fourth-order valence-electron chi connectivity index (χ4n) is 4.68. The lowest BCUT2D eigenvalue weighted by molar-refractivity contribution is -0.142. The van der Waals surface area contributed by atoms with Gasteiger partial charge in [0, 0.05) is 18.8 Å². The number of hydrogen-bond acceptors (Lipinski definition) is 4. The average molecular weight is 417 g/mol. The lowest BCUT2D eigenvalue weighted by atomic mass is 10.1. The Morgan fingerprint density at radius 3 is 2.77 bits per heavy atom. The summed E-state index contributed by atoms with van der Waals surface area (Å²) in [7, 11) is 0. The molecular formula is C21H22F3N5O. The van der Waals surface area contributed by atoms with Crippen molar-refractivity contribution in [2.75, 3.05) is 6.54 Å². The summed E-state index contributed by atoms with van der Waals surface area (Å²) in [6.45, 7) is 0.860. The maximum absolute atomic E-state index is 13.3. The van der Waals surface area contributed by atoms with Crippen molar-refractivity contribution in [1.82, 2.24) is 24.2 Å². The highest BCUT2D eigenvalue weighted by atomic mass is 19.4. The van der Waals surface area contributed by atoms with E-state index in [1.807, 2.05) is 4.68 Å². The third-order valence-corrected chi connectivity index (χ3v) is 5.97. The minimum atomic E-state index is -4.50. The van der Waals surface area contributed by atoms with Crippen LogP contribution in [0.3, 0.4) is 0 Å². The number of benzene rings is 1. The molecule has 1 unspecified atom stereocenters. The van der Waals surface area contributed by atoms with Crippen LogP contribution < -0.4 is 5.56 Å². The third kappa shape index (κ3) is 3.51. The van der Waals surface area contributed by atoms with Crippen molar-refractivity contribution in [1.29, 1.82) is 0 Å². The van der Waals surface area contributed by atoms with E-state index in [1.165, 1.54) is 11.8 Å². The average Bonchev–Trinajstić information content (AvgIpc) is 3.40. The van der Waals surface area contributed by atoms with E-state index in [1.54, 1.807) is 18.2 Å². The molecule has 1 atom stereocenters. The lowest BCUT2D eigenvalue weighted by Crippen LogP contribution is -2.35. The van der Waals surface area contributed by atoms with Crippen LogP contribution in [-0.2, 0) is 26.1 Å². The number of nitrogens with zero attached hydrogens (tertiary/aromatic N) is 5. The molecule has 2 aromatic heterocycles. The SMILES string of the molecule is O=c1c2ccccc2nc(C2CCCN2Cc2cc3n(n2)CCC3)n1CC(F)(F)F. The molecule has 0 spiro atoms. The van der Waals surface area contributed by atoms with Gasteiger partial charge in [-0.05, 0) is 50.4 Å². The molecular weight excluding hydrogens is 395 g/mol. The molecule has 0 saturated carbocycles. The summed E-state index contributed by atoms with van der Waals surface area (Å²) in [5.41, 5.74) is 1.92. The van der Waals surface area contributed by atoms with Crippen LogP contribution >= 0.6 is 0 Å². The Labute approximate surface area is 170 Å². The molecule has 2 aliphatic heterocycles. The van der Waals surface area contributed by atoms with Crippen LogP contribution in [0.1, 0.15) is 42.5 Å². The van der Waals surface area contributed by atoms with Crippen molar-refractivity contribution < 1.29 is 13.2 Å². The molecule has 9 heteroatoms. The van der Waals surface area contributed by atoms with Gasteiger partial charge in [0.25, 0.3) is 5.56 Å². The maximum atomic E-state index is 13.3. The summed E-state index contributed by atoms with van der Waals surface area (Å²) in [5, 5.41) is 4.85. The number of hydrogen-bond donors (Lipinski definition) is 0. The molecule has 4 heterocycles. The Kier molecular flexibility index (Phi) is 4.65. The van der Waals surface area contributed by atoms with Gasteiger partial charge in [-0.2, -0.15) is 18.3 Å². The number of halogens is 3. The monoisotopic (exact) mass is 417 g/mol. The van der Waals surface area contributed by atoms with Gasteiger partial charge < -0.3 is 0 Å². The van der Waals surface area contributed by atoms with Gasteiger partial charge in [-0.3, -0.25) is 18.9 Å². The largest absolute Gasteiger partial charge is 0.406 e. The highest BCUT2D eigenvalue weighted by molar-refractivity contribution is 5.77. The van der Waals surface area contributed by atoms with Crippen molar-refractivity contribution >= 4 is 10.9 Å². The molecule has 5 rings (SSSR count). The van der Waals surface area contributed by atoms with Crippen LogP contribution in [0.4, 0.5) is 13.2 Å². The molecule has 1 fully saturated rings. The fraction of sp³-hybridized carbons (Fsp3) is 0.476. The van der Waals surface area contributed by atoms with Gasteiger partial charge >= 0.3 is 6.18 Å². The standard InChI is InChI=1S/C21H22F3N5O/c22-21(23,24)13-28-19(25-17-7-2-1-6-16(17)20(28)30)18-8-4-9-27(18)12-14-11-15-5-3-10-29(15)26-14/h1-2,6-7,11,18H,3-5,8-10,12-13H2. The topological polar surface area (TPSA) is 56.0 Å². The number of likely N-dealkylation sites (tertiary alicyclic amines) is 1. The van der Waals surface area contributed by atoms with E-state index < -0.39 is 18.3 Å². The van der Waals surface area contributed by atoms with E-state index in [0.29, 0.717) is 18.5 Å². The van der Waals surface area contributed by atoms with Gasteiger partial charge in [0.15, 0.2) is 0 Å². The molecule has 0 bridgehead atoms. The van der Waals surface area contributed by atoms with Crippen LogP contribution in [0.15, 0.2) is 35.1 Å². The quantitative estimate of drug-likeness (QED) is 0.653. The summed E-state index contributed by atoms with van der Waals surface area (Å²) in [4.78, 5) is 19.6. The normalized spacial score (nSPS) is 19.6. The Balaban J connectivity index is 1.54. The predicted octanol–water partition coefficient (Wildman–Crippen LogP) is 3.44. The number of alkyl halides is 3. The van der Waals surface area contributed by atoms with Gasteiger partial charge in [-0.1, -0.05) is 12.1 Å². The number of fused-ring (bicyclic) bond motifs is 2. The van der Waals surface area contributed by atoms with Crippen molar-refractivity contribution in [3.8, 4) is 0 Å². The number of aromatic nitrogens is 4. The van der Waals surface area contributed by atoms with E-state index in [-0.39, 0.29) is 17.3 Å². The van der Waals surface area contributed by atoms with Gasteiger partial charge in [0.1, 0.15) is 12.4 Å². The van der Waals surface area contributed by atoms with E-state index in [9.17, 15) is 18.0 Å². The van der Waals surface area contributed by atoms with Crippen LogP contribution in [0.2, 0.25) is 0 Å². The number of aryl methyl sites for hydroxylation is 2. The zero-order valence-corrected chi connectivity index (χ0v) is 16.4. The Hall–Kier alpha value is -2.68. The summed E-state index contributed by atoms with van der Waals surface area (Å²) in [5.74, 6) is 0.195. The van der Waals surface area contributed by atoms with E-state index in [0.717, 1.165) is 42.6 Å². The first kappa shape index (κ1) is 19.3. The first-order chi connectivity index (χ1) is 14.4. The molecule has 2 aliphatic rings. The number of para-hydroxylation sites is 1. The number of rotatable bonds is 4. The highest BCUT2D eigenvalue weighted by Gasteiger charge is 2.35. The highest BCUT2D eigenvalue weighted by Crippen LogP contribution is 2.33. The van der Waals surface area contributed by atoms with E-state index in [4.69, 9.17) is 0 Å². The summed E-state index contributed by atoms with van der Waals surface area (Å²) < 4.78 is 42.8. The smallest absolute Gasteiger partial charge is 0.287 e. The zero-order chi connectivity index (χ0) is 20.9. The van der Waals surface area contributed by atoms with Crippen molar-refractivity contribution in [3.63, 3.8) is 0 Å². The minimum absolute atomic E-state index is 0.195. The van der Waals surface area contributed by atoms with Gasteiger partial charge in [-0.15, -0.1) is 0 Å². The van der Waals surface area contributed by atoms with Crippen molar-refractivity contribution in [2.45, 2.75) is 57.5 Å².